The van der Waals surface area contributed by atoms with E-state index in [4.69, 9.17) is 4.74 Å². The van der Waals surface area contributed by atoms with Crippen molar-refractivity contribution >= 4 is 23.3 Å². The van der Waals surface area contributed by atoms with Gasteiger partial charge < -0.3 is 19.9 Å². The van der Waals surface area contributed by atoms with Crippen LogP contribution in [0.2, 0.25) is 0 Å². The number of amides is 2. The summed E-state index contributed by atoms with van der Waals surface area (Å²) in [7, 11) is 3.25. The molecule has 1 saturated heterocycles. The molecule has 3 rings (SSSR count). The van der Waals surface area contributed by atoms with Crippen LogP contribution in [-0.4, -0.2) is 70.1 Å². The van der Waals surface area contributed by atoms with E-state index in [9.17, 15) is 9.59 Å². The number of anilines is 2. The number of H-pyrrole nitrogens is 1. The molecule has 1 aromatic carbocycles. The number of likely N-dealkylation sites (N-methyl/N-ethyl adjacent to an activating group) is 1. The largest absolute Gasteiger partial charge is 0.497 e. The summed E-state index contributed by atoms with van der Waals surface area (Å²) in [6, 6.07) is 13.2. The minimum Gasteiger partial charge on any atom is -0.497 e. The van der Waals surface area contributed by atoms with Crippen molar-refractivity contribution in [3.05, 3.63) is 48.7 Å². The molecule has 29 heavy (non-hydrogen) atoms. The van der Waals surface area contributed by atoms with E-state index in [-0.39, 0.29) is 18.4 Å². The molecule has 2 aromatic rings. The molecular weight excluding hydrogens is 370 g/mol. The van der Waals surface area contributed by atoms with Crippen molar-refractivity contribution in [1.82, 2.24) is 4.90 Å². The fraction of sp³-hybridized carbons (Fsp3) is 0.381. The maximum absolute atomic E-state index is 12.5. The Labute approximate surface area is 171 Å². The minimum absolute atomic E-state index is 0.0222. The summed E-state index contributed by atoms with van der Waals surface area (Å²) >= 11 is 0. The number of carbonyl (C=O) groups is 2. The standard InChI is InChI=1S/C21H27N5O3/c1-24(15-20(27)23-17-6-5-7-18(14-17)29-2)21(28)16-25-10-12-26(13-11-25)19-8-3-4-9-22-19/h3-9,14H,10-13,15-16H2,1-2H3,(H,23,27)/p+2. The Bertz CT molecular complexity index is 822. The Balaban J connectivity index is 1.42. The van der Waals surface area contributed by atoms with Gasteiger partial charge >= 0.3 is 0 Å². The molecule has 8 nitrogen and oxygen atoms in total. The number of aromatic amines is 1. The maximum atomic E-state index is 12.5. The highest BCUT2D eigenvalue weighted by Gasteiger charge is 2.28. The highest BCUT2D eigenvalue weighted by atomic mass is 16.5. The molecule has 0 spiro atoms. The van der Waals surface area contributed by atoms with Gasteiger partial charge in [0.2, 0.25) is 5.91 Å². The molecule has 1 aliphatic heterocycles. The lowest BCUT2D eigenvalue weighted by Gasteiger charge is -2.29. The van der Waals surface area contributed by atoms with Gasteiger partial charge in [-0.05, 0) is 18.2 Å². The van der Waals surface area contributed by atoms with Gasteiger partial charge in [-0.2, -0.15) is 0 Å². The summed E-state index contributed by atoms with van der Waals surface area (Å²) in [5.74, 6) is 1.52. The average Bonchev–Trinajstić information content (AvgIpc) is 2.75. The van der Waals surface area contributed by atoms with Crippen molar-refractivity contribution in [1.29, 1.82) is 0 Å². The third kappa shape index (κ3) is 5.92. The summed E-state index contributed by atoms with van der Waals surface area (Å²) in [6.45, 7) is 3.98. The Hall–Kier alpha value is -3.13. The quantitative estimate of drug-likeness (QED) is 0.646. The summed E-state index contributed by atoms with van der Waals surface area (Å²) < 4.78 is 5.15. The number of quaternary nitrogens is 1. The van der Waals surface area contributed by atoms with Crippen molar-refractivity contribution in [3.8, 4) is 5.75 Å². The van der Waals surface area contributed by atoms with E-state index in [0.29, 0.717) is 18.0 Å². The predicted molar refractivity (Wildman–Crippen MR) is 110 cm³/mol. The molecule has 1 aromatic heterocycles. The maximum Gasteiger partial charge on any atom is 0.277 e. The van der Waals surface area contributed by atoms with E-state index < -0.39 is 0 Å². The van der Waals surface area contributed by atoms with E-state index in [1.165, 1.54) is 9.80 Å². The molecule has 0 atom stereocenters. The number of nitrogens with one attached hydrogen (secondary N) is 3. The number of piperazine rings is 1. The van der Waals surface area contributed by atoms with Crippen molar-refractivity contribution < 1.29 is 24.2 Å². The molecule has 0 saturated carbocycles. The van der Waals surface area contributed by atoms with E-state index in [1.807, 2.05) is 24.4 Å². The highest BCUT2D eigenvalue weighted by Crippen LogP contribution is 2.16. The Morgan fingerprint density at radius 2 is 2.00 bits per heavy atom. The molecule has 3 N–H and O–H groups in total. The number of pyridine rings is 1. The second kappa shape index (κ2) is 9.88. The molecule has 8 heteroatoms. The van der Waals surface area contributed by atoms with Crippen molar-refractivity contribution in [2.24, 2.45) is 0 Å². The fourth-order valence-corrected chi connectivity index (χ4v) is 3.37. The Morgan fingerprint density at radius 1 is 1.21 bits per heavy atom. The second-order valence-electron chi connectivity index (χ2n) is 7.19. The van der Waals surface area contributed by atoms with Gasteiger partial charge in [-0.3, -0.25) is 14.5 Å². The van der Waals surface area contributed by atoms with Gasteiger partial charge in [0, 0.05) is 24.9 Å². The number of rotatable bonds is 7. The van der Waals surface area contributed by atoms with Gasteiger partial charge in [0.15, 0.2) is 6.54 Å². The zero-order chi connectivity index (χ0) is 20.6. The Kier molecular flexibility index (Phi) is 7.02. The zero-order valence-electron chi connectivity index (χ0n) is 17.0. The van der Waals surface area contributed by atoms with Gasteiger partial charge in [-0.1, -0.05) is 12.1 Å². The number of hydrogen-bond donors (Lipinski definition) is 2. The summed E-state index contributed by atoms with van der Waals surface area (Å²) in [5, 5.41) is 2.80. The van der Waals surface area contributed by atoms with Gasteiger partial charge in [-0.25, -0.2) is 4.98 Å². The molecule has 1 aliphatic rings. The number of methoxy groups -OCH3 is 1. The molecule has 0 aliphatic carbocycles. The minimum atomic E-state index is -0.228. The predicted octanol–water partition coefficient (Wildman–Crippen LogP) is -0.689. The average molecular weight is 399 g/mol. The second-order valence-corrected chi connectivity index (χ2v) is 7.19. The van der Waals surface area contributed by atoms with Gasteiger partial charge in [0.25, 0.3) is 11.7 Å². The highest BCUT2D eigenvalue weighted by molar-refractivity contribution is 5.94. The first-order valence-corrected chi connectivity index (χ1v) is 9.78. The molecule has 0 unspecified atom stereocenters. The zero-order valence-corrected chi connectivity index (χ0v) is 17.0. The van der Waals surface area contributed by atoms with E-state index in [2.05, 4.69) is 21.3 Å². The lowest BCUT2D eigenvalue weighted by molar-refractivity contribution is -0.892. The van der Waals surface area contributed by atoms with Crippen LogP contribution in [0.3, 0.4) is 0 Å². The lowest BCUT2D eigenvalue weighted by atomic mass is 10.3. The first-order chi connectivity index (χ1) is 14.0. The van der Waals surface area contributed by atoms with Crippen LogP contribution < -0.4 is 24.8 Å². The molecule has 2 amide bonds. The number of nitrogens with zero attached hydrogens (tertiary/aromatic N) is 2. The molecule has 1 fully saturated rings. The normalized spacial score (nSPS) is 14.3. The molecule has 0 bridgehead atoms. The SMILES string of the molecule is COc1cccc(NC(=O)CN(C)C(=O)C[NH+]2CCN(c3cccc[nH+]3)CC2)c1. The van der Waals surface area contributed by atoms with Gasteiger partial charge in [-0.15, -0.1) is 0 Å². The Morgan fingerprint density at radius 3 is 2.69 bits per heavy atom. The first-order valence-electron chi connectivity index (χ1n) is 9.78. The first kappa shape index (κ1) is 20.6. The summed E-state index contributed by atoms with van der Waals surface area (Å²) in [5.41, 5.74) is 0.648. The topological polar surface area (TPSA) is 80.5 Å². The molecular formula is C21H29N5O3+2. The summed E-state index contributed by atoms with van der Waals surface area (Å²) in [6.07, 6.45) is 1.92. The van der Waals surface area contributed by atoms with E-state index in [1.54, 1.807) is 32.4 Å². The number of hydrogen-bond acceptors (Lipinski definition) is 4. The van der Waals surface area contributed by atoms with Crippen molar-refractivity contribution in [2.45, 2.75) is 0 Å². The number of aromatic nitrogens is 1. The monoisotopic (exact) mass is 399 g/mol. The van der Waals surface area contributed by atoms with Crippen molar-refractivity contribution in [3.63, 3.8) is 0 Å². The van der Waals surface area contributed by atoms with Crippen LogP contribution in [0.25, 0.3) is 0 Å². The fourth-order valence-electron chi connectivity index (χ4n) is 3.37. The van der Waals surface area contributed by atoms with Crippen LogP contribution in [-0.2, 0) is 9.59 Å². The van der Waals surface area contributed by atoms with Crippen LogP contribution in [0.1, 0.15) is 0 Å². The molecule has 0 radical (unpaired) electrons. The van der Waals surface area contributed by atoms with Crippen LogP contribution in [0.5, 0.6) is 5.75 Å². The number of carbonyl (C=O) groups excluding carboxylic acids is 2. The van der Waals surface area contributed by atoms with E-state index >= 15 is 0 Å². The van der Waals surface area contributed by atoms with Gasteiger partial charge in [0.05, 0.1) is 19.9 Å². The number of ether oxygens (including phenoxy) is 1. The third-order valence-electron chi connectivity index (χ3n) is 5.07. The third-order valence-corrected chi connectivity index (χ3v) is 5.07. The van der Waals surface area contributed by atoms with Gasteiger partial charge in [0.1, 0.15) is 31.9 Å². The molecule has 2 heterocycles. The van der Waals surface area contributed by atoms with E-state index in [0.717, 1.165) is 32.0 Å². The summed E-state index contributed by atoms with van der Waals surface area (Å²) in [4.78, 5) is 33.1. The van der Waals surface area contributed by atoms with Crippen LogP contribution >= 0.6 is 0 Å². The molecule has 154 valence electrons. The van der Waals surface area contributed by atoms with Crippen LogP contribution in [0.4, 0.5) is 11.5 Å². The van der Waals surface area contributed by atoms with Crippen LogP contribution in [0, 0.1) is 0 Å². The lowest BCUT2D eigenvalue weighted by Crippen LogP contribution is -3.16. The van der Waals surface area contributed by atoms with Crippen LogP contribution in [0.15, 0.2) is 48.7 Å². The smallest absolute Gasteiger partial charge is 0.277 e. The van der Waals surface area contributed by atoms with Crippen molar-refractivity contribution in [2.75, 3.05) is 63.6 Å². The number of benzene rings is 1.